The molecule has 1 fully saturated rings. The van der Waals surface area contributed by atoms with Crippen molar-refractivity contribution in [2.75, 3.05) is 36.4 Å². The zero-order chi connectivity index (χ0) is 23.6. The second-order valence-corrected chi connectivity index (χ2v) is 10.4. The average Bonchev–Trinajstić information content (AvgIpc) is 2.81. The number of piperazine rings is 1. The molecule has 0 amide bonds. The molecule has 0 atom stereocenters. The van der Waals surface area contributed by atoms with Crippen LogP contribution >= 0.6 is 0 Å². The summed E-state index contributed by atoms with van der Waals surface area (Å²) in [5.41, 5.74) is 2.62. The van der Waals surface area contributed by atoms with Crippen LogP contribution in [0.1, 0.15) is 31.0 Å². The predicted molar refractivity (Wildman–Crippen MR) is 128 cm³/mol. The molecule has 0 aliphatic carbocycles. The summed E-state index contributed by atoms with van der Waals surface area (Å²) in [5.74, 6) is 1.05. The zero-order valence-electron chi connectivity index (χ0n) is 19.0. The van der Waals surface area contributed by atoms with Crippen LogP contribution in [0.15, 0.2) is 59.5 Å². The smallest absolute Gasteiger partial charge is 0.243 e. The van der Waals surface area contributed by atoms with Gasteiger partial charge in [-0.05, 0) is 49.2 Å². The highest BCUT2D eigenvalue weighted by Crippen LogP contribution is 2.25. The van der Waals surface area contributed by atoms with Crippen LogP contribution in [0.4, 0.5) is 21.8 Å². The van der Waals surface area contributed by atoms with Crippen LogP contribution in [0.25, 0.3) is 0 Å². The molecular formula is C24H28FN5O2S. The predicted octanol–water partition coefficient (Wildman–Crippen LogP) is 4.30. The van der Waals surface area contributed by atoms with Gasteiger partial charge in [0.2, 0.25) is 16.0 Å². The Kier molecular flexibility index (Phi) is 6.62. The van der Waals surface area contributed by atoms with Crippen LogP contribution in [0, 0.1) is 12.7 Å². The molecule has 174 valence electrons. The van der Waals surface area contributed by atoms with E-state index < -0.39 is 10.0 Å². The number of hydrogen-bond acceptors (Lipinski definition) is 6. The normalized spacial score (nSPS) is 15.1. The molecule has 2 heterocycles. The first-order chi connectivity index (χ1) is 15.7. The van der Waals surface area contributed by atoms with Gasteiger partial charge in [-0.3, -0.25) is 0 Å². The van der Waals surface area contributed by atoms with Gasteiger partial charge in [-0.2, -0.15) is 9.29 Å². The van der Waals surface area contributed by atoms with Crippen molar-refractivity contribution in [1.82, 2.24) is 14.3 Å². The van der Waals surface area contributed by atoms with Crippen molar-refractivity contribution in [2.24, 2.45) is 0 Å². The molecular weight excluding hydrogens is 441 g/mol. The van der Waals surface area contributed by atoms with E-state index in [0.717, 1.165) is 16.9 Å². The fraction of sp³-hybridized carbons (Fsp3) is 0.333. The lowest BCUT2D eigenvalue weighted by molar-refractivity contribution is 0.382. The Bertz CT molecular complexity index is 1210. The number of sulfonamides is 1. The number of hydrogen-bond donors (Lipinski definition) is 1. The van der Waals surface area contributed by atoms with Gasteiger partial charge in [0, 0.05) is 37.9 Å². The van der Waals surface area contributed by atoms with Crippen molar-refractivity contribution in [3.05, 3.63) is 71.7 Å². The van der Waals surface area contributed by atoms with Crippen LogP contribution in [-0.4, -0.2) is 48.9 Å². The van der Waals surface area contributed by atoms with E-state index in [-0.39, 0.29) is 11.7 Å². The number of benzene rings is 2. The number of nitrogens with zero attached hydrogens (tertiary/aromatic N) is 4. The Morgan fingerprint density at radius 1 is 0.939 bits per heavy atom. The molecule has 0 spiro atoms. The summed E-state index contributed by atoms with van der Waals surface area (Å²) in [6.07, 6.45) is 0. The van der Waals surface area contributed by atoms with E-state index in [1.165, 1.54) is 16.4 Å². The molecule has 1 saturated heterocycles. The fourth-order valence-electron chi connectivity index (χ4n) is 3.62. The molecule has 3 aromatic rings. The molecule has 33 heavy (non-hydrogen) atoms. The topological polar surface area (TPSA) is 78.4 Å². The van der Waals surface area contributed by atoms with Crippen LogP contribution in [0.5, 0.6) is 0 Å². The number of anilines is 3. The molecule has 1 N–H and O–H groups in total. The van der Waals surface area contributed by atoms with Crippen LogP contribution < -0.4 is 10.2 Å². The first kappa shape index (κ1) is 23.1. The second kappa shape index (κ2) is 9.44. The first-order valence-corrected chi connectivity index (χ1v) is 12.4. The lowest BCUT2D eigenvalue weighted by atomic mass is 10.1. The molecule has 0 saturated carbocycles. The third kappa shape index (κ3) is 5.31. The lowest BCUT2D eigenvalue weighted by Gasteiger charge is -2.34. The maximum Gasteiger partial charge on any atom is 0.243 e. The summed E-state index contributed by atoms with van der Waals surface area (Å²) in [6, 6.07) is 14.9. The summed E-state index contributed by atoms with van der Waals surface area (Å²) < 4.78 is 40.8. The highest BCUT2D eigenvalue weighted by Gasteiger charge is 2.29. The minimum absolute atomic E-state index is 0.184. The van der Waals surface area contributed by atoms with E-state index >= 15 is 0 Å². The van der Waals surface area contributed by atoms with E-state index in [4.69, 9.17) is 4.98 Å². The highest BCUT2D eigenvalue weighted by molar-refractivity contribution is 7.89. The quantitative estimate of drug-likeness (QED) is 0.580. The van der Waals surface area contributed by atoms with Gasteiger partial charge in [0.15, 0.2) is 0 Å². The monoisotopic (exact) mass is 469 g/mol. The van der Waals surface area contributed by atoms with Gasteiger partial charge < -0.3 is 10.2 Å². The largest absolute Gasteiger partial charge is 0.340 e. The number of nitrogens with one attached hydrogen (secondary N) is 1. The Morgan fingerprint density at radius 3 is 2.18 bits per heavy atom. The Hall–Kier alpha value is -3.04. The molecule has 1 aromatic heterocycles. The molecule has 0 radical (unpaired) electrons. The average molecular weight is 470 g/mol. The highest BCUT2D eigenvalue weighted by atomic mass is 32.2. The molecule has 4 rings (SSSR count). The molecule has 9 heteroatoms. The molecule has 1 aliphatic rings. The molecule has 1 aliphatic heterocycles. The third-order valence-electron chi connectivity index (χ3n) is 5.62. The minimum Gasteiger partial charge on any atom is -0.340 e. The van der Waals surface area contributed by atoms with Crippen molar-refractivity contribution < 1.29 is 12.8 Å². The van der Waals surface area contributed by atoms with E-state index in [1.54, 1.807) is 24.3 Å². The van der Waals surface area contributed by atoms with E-state index in [9.17, 15) is 12.8 Å². The molecule has 7 nitrogen and oxygen atoms in total. The summed E-state index contributed by atoms with van der Waals surface area (Å²) in [7, 11) is -3.54. The molecule has 2 aromatic carbocycles. The maximum absolute atomic E-state index is 13.2. The van der Waals surface area contributed by atoms with Gasteiger partial charge in [0.25, 0.3) is 0 Å². The van der Waals surface area contributed by atoms with Gasteiger partial charge in [0.05, 0.1) is 10.6 Å². The van der Waals surface area contributed by atoms with Crippen LogP contribution in [0.3, 0.4) is 0 Å². The summed E-state index contributed by atoms with van der Waals surface area (Å²) in [5, 5.41) is 3.21. The van der Waals surface area contributed by atoms with Crippen LogP contribution in [0.2, 0.25) is 0 Å². The summed E-state index contributed by atoms with van der Waals surface area (Å²) >= 11 is 0. The van der Waals surface area contributed by atoms with Gasteiger partial charge in [-0.15, -0.1) is 0 Å². The number of rotatable bonds is 6. The van der Waals surface area contributed by atoms with Gasteiger partial charge in [0.1, 0.15) is 11.6 Å². The van der Waals surface area contributed by atoms with Crippen molar-refractivity contribution in [3.8, 4) is 0 Å². The molecule has 0 bridgehead atoms. The standard InChI is InChI=1S/C24H28FN5O2S/c1-17(2)22-16-23(26-20-8-6-19(25)7-9-20)28-24(27-22)29-12-14-30(15-13-29)33(31,32)21-10-4-18(3)5-11-21/h4-11,16-17H,12-15H2,1-3H3,(H,26,27,28). The second-order valence-electron chi connectivity index (χ2n) is 8.47. The van der Waals surface area contributed by atoms with E-state index in [1.807, 2.05) is 30.0 Å². The Labute approximate surface area is 194 Å². The fourth-order valence-corrected chi connectivity index (χ4v) is 5.05. The van der Waals surface area contributed by atoms with Crippen molar-refractivity contribution in [1.29, 1.82) is 0 Å². The Balaban J connectivity index is 1.51. The van der Waals surface area contributed by atoms with E-state index in [0.29, 0.717) is 42.8 Å². The van der Waals surface area contributed by atoms with Crippen molar-refractivity contribution in [2.45, 2.75) is 31.6 Å². The maximum atomic E-state index is 13.2. The Morgan fingerprint density at radius 2 is 1.58 bits per heavy atom. The van der Waals surface area contributed by atoms with Gasteiger partial charge in [-0.1, -0.05) is 31.5 Å². The summed E-state index contributed by atoms with van der Waals surface area (Å²) in [4.78, 5) is 11.7. The van der Waals surface area contributed by atoms with Crippen molar-refractivity contribution >= 4 is 27.5 Å². The number of aromatic nitrogens is 2. The SMILES string of the molecule is Cc1ccc(S(=O)(=O)N2CCN(c3nc(Nc4ccc(F)cc4)cc(C(C)C)n3)CC2)cc1. The minimum atomic E-state index is -3.54. The molecule has 0 unspecified atom stereocenters. The van der Waals surface area contributed by atoms with Crippen LogP contribution in [-0.2, 0) is 10.0 Å². The first-order valence-electron chi connectivity index (χ1n) is 11.0. The lowest BCUT2D eigenvalue weighted by Crippen LogP contribution is -2.49. The third-order valence-corrected chi connectivity index (χ3v) is 7.54. The number of halogens is 1. The van der Waals surface area contributed by atoms with Gasteiger partial charge >= 0.3 is 0 Å². The number of aryl methyl sites for hydroxylation is 1. The van der Waals surface area contributed by atoms with E-state index in [2.05, 4.69) is 24.1 Å². The summed E-state index contributed by atoms with van der Waals surface area (Å²) in [6.45, 7) is 7.73. The van der Waals surface area contributed by atoms with Crippen molar-refractivity contribution in [3.63, 3.8) is 0 Å². The zero-order valence-corrected chi connectivity index (χ0v) is 19.8. The van der Waals surface area contributed by atoms with Gasteiger partial charge in [-0.25, -0.2) is 17.8 Å².